The molecule has 160 valence electrons. The van der Waals surface area contributed by atoms with Gasteiger partial charge < -0.3 is 16.0 Å². The van der Waals surface area contributed by atoms with Gasteiger partial charge in [-0.25, -0.2) is 4.98 Å². The number of nitrogens with zero attached hydrogens (tertiary/aromatic N) is 3. The average molecular weight is 402 g/mol. The van der Waals surface area contributed by atoms with E-state index in [1.54, 1.807) is 6.20 Å². The number of carbonyl (C=O) groups excluding carboxylic acids is 2. The van der Waals surface area contributed by atoms with Crippen molar-refractivity contribution < 1.29 is 9.59 Å². The zero-order valence-electron chi connectivity index (χ0n) is 18.0. The Kier molecular flexibility index (Phi) is 6.77. The lowest BCUT2D eigenvalue weighted by Gasteiger charge is -2.38. The van der Waals surface area contributed by atoms with Crippen LogP contribution in [0.4, 0.5) is 5.82 Å². The molecule has 0 aliphatic carbocycles. The Labute approximate surface area is 174 Å². The lowest BCUT2D eigenvalue weighted by atomic mass is 9.92. The van der Waals surface area contributed by atoms with Crippen LogP contribution in [0.1, 0.15) is 52.0 Å². The number of nitrogens with one attached hydrogen (secondary N) is 1. The van der Waals surface area contributed by atoms with E-state index in [9.17, 15) is 9.59 Å². The van der Waals surface area contributed by atoms with Crippen molar-refractivity contribution in [1.29, 1.82) is 0 Å². The summed E-state index contributed by atoms with van der Waals surface area (Å²) in [5.74, 6) is 1.05. The Morgan fingerprint density at radius 2 is 1.79 bits per heavy atom. The van der Waals surface area contributed by atoms with Crippen molar-refractivity contribution >= 4 is 17.6 Å². The third-order valence-corrected chi connectivity index (χ3v) is 6.01. The van der Waals surface area contributed by atoms with Crippen molar-refractivity contribution in [3.8, 4) is 0 Å². The number of piperidine rings is 2. The van der Waals surface area contributed by atoms with Gasteiger partial charge in [-0.3, -0.25) is 14.5 Å². The molecule has 0 saturated carbocycles. The zero-order valence-corrected chi connectivity index (χ0v) is 18.0. The van der Waals surface area contributed by atoms with Crippen LogP contribution in [0.25, 0.3) is 0 Å². The quantitative estimate of drug-likeness (QED) is 0.805. The Morgan fingerprint density at radius 3 is 2.38 bits per heavy atom. The summed E-state index contributed by atoms with van der Waals surface area (Å²) < 4.78 is 0. The van der Waals surface area contributed by atoms with Crippen molar-refractivity contribution in [2.24, 2.45) is 11.3 Å². The molecule has 2 fully saturated rings. The number of amides is 2. The number of nitrogen functional groups attached to an aromatic ring is 1. The summed E-state index contributed by atoms with van der Waals surface area (Å²) in [6, 6.07) is 4.09. The molecule has 7 nitrogen and oxygen atoms in total. The first kappa shape index (κ1) is 21.6. The highest BCUT2D eigenvalue weighted by Crippen LogP contribution is 2.24. The molecule has 7 heteroatoms. The minimum absolute atomic E-state index is 0.0885. The van der Waals surface area contributed by atoms with E-state index < -0.39 is 0 Å². The number of anilines is 1. The topological polar surface area (TPSA) is 91.6 Å². The van der Waals surface area contributed by atoms with Gasteiger partial charge in [0.1, 0.15) is 5.82 Å². The molecule has 1 aromatic heterocycles. The van der Waals surface area contributed by atoms with Gasteiger partial charge in [0.2, 0.25) is 11.8 Å². The number of hydrogen-bond acceptors (Lipinski definition) is 5. The second-order valence-corrected chi connectivity index (χ2v) is 9.46. The summed E-state index contributed by atoms with van der Waals surface area (Å²) in [4.78, 5) is 33.5. The fraction of sp³-hybridized carbons (Fsp3) is 0.682. The molecule has 1 aromatic rings. The molecule has 0 radical (unpaired) electrons. The molecular weight excluding hydrogens is 366 g/mol. The number of hydrogen-bond donors (Lipinski definition) is 2. The molecular formula is C22H35N5O2. The summed E-state index contributed by atoms with van der Waals surface area (Å²) in [5, 5.41) is 3.13. The third kappa shape index (κ3) is 5.92. The predicted octanol–water partition coefficient (Wildman–Crippen LogP) is 2.03. The van der Waals surface area contributed by atoms with Crippen molar-refractivity contribution in [2.45, 2.75) is 59.0 Å². The maximum atomic E-state index is 12.9. The Morgan fingerprint density at radius 1 is 1.14 bits per heavy atom. The summed E-state index contributed by atoms with van der Waals surface area (Å²) in [7, 11) is 0. The van der Waals surface area contributed by atoms with Gasteiger partial charge in [0.15, 0.2) is 0 Å². The van der Waals surface area contributed by atoms with Crippen LogP contribution >= 0.6 is 0 Å². The fourth-order valence-electron chi connectivity index (χ4n) is 4.09. The number of aromatic nitrogens is 1. The molecule has 2 aliphatic rings. The molecule has 0 aromatic carbocycles. The van der Waals surface area contributed by atoms with Gasteiger partial charge >= 0.3 is 0 Å². The van der Waals surface area contributed by atoms with Gasteiger partial charge in [-0.05, 0) is 56.5 Å². The Bertz CT molecular complexity index is 714. The van der Waals surface area contributed by atoms with Crippen LogP contribution in [-0.2, 0) is 16.1 Å². The highest BCUT2D eigenvalue weighted by atomic mass is 16.2. The largest absolute Gasteiger partial charge is 0.384 e. The van der Waals surface area contributed by atoms with Crippen molar-refractivity contribution in [3.63, 3.8) is 0 Å². The molecule has 0 unspecified atom stereocenters. The Hall–Kier alpha value is -2.15. The van der Waals surface area contributed by atoms with Gasteiger partial charge in [-0.15, -0.1) is 0 Å². The molecule has 3 heterocycles. The van der Waals surface area contributed by atoms with Gasteiger partial charge in [-0.2, -0.15) is 0 Å². The maximum Gasteiger partial charge on any atom is 0.225 e. The van der Waals surface area contributed by atoms with E-state index in [2.05, 4.69) is 15.2 Å². The lowest BCUT2D eigenvalue weighted by Crippen LogP contribution is -2.50. The normalized spacial score (nSPS) is 19.9. The van der Waals surface area contributed by atoms with E-state index in [0.717, 1.165) is 58.4 Å². The number of rotatable bonds is 4. The second kappa shape index (κ2) is 9.11. The summed E-state index contributed by atoms with van der Waals surface area (Å²) in [6.45, 7) is 9.97. The molecule has 2 amide bonds. The van der Waals surface area contributed by atoms with E-state index in [4.69, 9.17) is 5.73 Å². The van der Waals surface area contributed by atoms with Crippen LogP contribution in [-0.4, -0.2) is 58.8 Å². The fourth-order valence-corrected chi connectivity index (χ4v) is 4.09. The van der Waals surface area contributed by atoms with Crippen molar-refractivity contribution in [1.82, 2.24) is 20.1 Å². The minimum Gasteiger partial charge on any atom is -0.384 e. The van der Waals surface area contributed by atoms with E-state index in [1.165, 1.54) is 5.56 Å². The summed E-state index contributed by atoms with van der Waals surface area (Å²) in [5.41, 5.74) is 6.56. The van der Waals surface area contributed by atoms with Gasteiger partial charge in [0, 0.05) is 43.2 Å². The van der Waals surface area contributed by atoms with Crippen LogP contribution < -0.4 is 11.1 Å². The van der Waals surface area contributed by atoms with Gasteiger partial charge in [-0.1, -0.05) is 20.8 Å². The molecule has 0 bridgehead atoms. The Balaban J connectivity index is 1.41. The van der Waals surface area contributed by atoms with Crippen molar-refractivity contribution in [3.05, 3.63) is 23.9 Å². The predicted molar refractivity (Wildman–Crippen MR) is 114 cm³/mol. The third-order valence-electron chi connectivity index (χ3n) is 6.01. The molecule has 2 saturated heterocycles. The van der Waals surface area contributed by atoms with E-state index >= 15 is 0 Å². The van der Waals surface area contributed by atoms with Crippen LogP contribution in [0.3, 0.4) is 0 Å². The van der Waals surface area contributed by atoms with E-state index in [0.29, 0.717) is 11.7 Å². The summed E-state index contributed by atoms with van der Waals surface area (Å²) in [6.07, 6.45) is 5.24. The SMILES string of the molecule is CC(C)(C)C(=O)NC1CCN(C(=O)C2CCN(Cc3ccnc(N)c3)CC2)CC1. The van der Waals surface area contributed by atoms with Crippen molar-refractivity contribution in [2.75, 3.05) is 31.9 Å². The highest BCUT2D eigenvalue weighted by molar-refractivity contribution is 5.82. The first-order chi connectivity index (χ1) is 13.7. The monoisotopic (exact) mass is 401 g/mol. The highest BCUT2D eigenvalue weighted by Gasteiger charge is 2.32. The minimum atomic E-state index is -0.372. The molecule has 3 N–H and O–H groups in total. The first-order valence-corrected chi connectivity index (χ1v) is 10.7. The molecule has 29 heavy (non-hydrogen) atoms. The van der Waals surface area contributed by atoms with Crippen LogP contribution in [0.2, 0.25) is 0 Å². The number of likely N-dealkylation sites (tertiary alicyclic amines) is 2. The first-order valence-electron chi connectivity index (χ1n) is 10.7. The second-order valence-electron chi connectivity index (χ2n) is 9.46. The number of carbonyl (C=O) groups is 2. The molecule has 2 aliphatic heterocycles. The summed E-state index contributed by atoms with van der Waals surface area (Å²) >= 11 is 0. The molecule has 0 atom stereocenters. The van der Waals surface area contributed by atoms with Crippen LogP contribution in [0, 0.1) is 11.3 Å². The number of pyridine rings is 1. The van der Waals surface area contributed by atoms with Crippen LogP contribution in [0.5, 0.6) is 0 Å². The van der Waals surface area contributed by atoms with Gasteiger partial charge in [0.05, 0.1) is 0 Å². The molecule has 0 spiro atoms. The van der Waals surface area contributed by atoms with E-state index in [-0.39, 0.29) is 23.3 Å². The smallest absolute Gasteiger partial charge is 0.225 e. The average Bonchev–Trinajstić information content (AvgIpc) is 2.68. The maximum absolute atomic E-state index is 12.9. The zero-order chi connectivity index (χ0) is 21.0. The number of nitrogens with two attached hydrogens (primary N) is 1. The standard InChI is InChI=1S/C22H35N5O2/c1-22(2,3)21(29)25-18-7-12-27(13-8-18)20(28)17-5-10-26(11-6-17)15-16-4-9-24-19(23)14-16/h4,9,14,17-18H,5-8,10-13,15H2,1-3H3,(H2,23,24)(H,25,29). The lowest BCUT2D eigenvalue weighted by molar-refractivity contribution is -0.138. The van der Waals surface area contributed by atoms with E-state index in [1.807, 2.05) is 37.8 Å². The van der Waals surface area contributed by atoms with Crippen LogP contribution in [0.15, 0.2) is 18.3 Å². The van der Waals surface area contributed by atoms with Gasteiger partial charge in [0.25, 0.3) is 0 Å². The molecule has 3 rings (SSSR count).